The lowest BCUT2D eigenvalue weighted by Crippen LogP contribution is -2.36. The summed E-state index contributed by atoms with van der Waals surface area (Å²) in [4.78, 5) is 12.9. The van der Waals surface area contributed by atoms with Crippen LogP contribution in [-0.4, -0.2) is 35.4 Å². The molecule has 1 rings (SSSR count). The number of oxime groups is 1. The Balaban J connectivity index is 2.64. The van der Waals surface area contributed by atoms with E-state index in [1.165, 1.54) is 18.0 Å². The molecule has 0 aliphatic rings. The summed E-state index contributed by atoms with van der Waals surface area (Å²) in [6.07, 6.45) is -0.0537. The molecular formula is C11H14FN3O2. The van der Waals surface area contributed by atoms with E-state index in [1.807, 2.05) is 0 Å². The van der Waals surface area contributed by atoms with Crippen molar-refractivity contribution in [2.24, 2.45) is 10.9 Å². The molecule has 6 heteroatoms. The van der Waals surface area contributed by atoms with Crippen molar-refractivity contribution in [3.63, 3.8) is 0 Å². The summed E-state index contributed by atoms with van der Waals surface area (Å²) in [5.41, 5.74) is 5.59. The number of hydrogen-bond donors (Lipinski definition) is 2. The minimum absolute atomic E-state index is 0.00376. The molecule has 0 unspecified atom stereocenters. The molecular weight excluding hydrogens is 225 g/mol. The molecule has 3 N–H and O–H groups in total. The fourth-order valence-corrected chi connectivity index (χ4v) is 1.30. The lowest BCUT2D eigenvalue weighted by atomic mass is 10.1. The fourth-order valence-electron chi connectivity index (χ4n) is 1.30. The quantitative estimate of drug-likeness (QED) is 0.349. The molecule has 1 amide bonds. The Morgan fingerprint density at radius 2 is 2.18 bits per heavy atom. The van der Waals surface area contributed by atoms with Gasteiger partial charge in [-0.25, -0.2) is 4.39 Å². The van der Waals surface area contributed by atoms with Gasteiger partial charge in [-0.1, -0.05) is 23.4 Å². The number of hydrogen-bond acceptors (Lipinski definition) is 3. The van der Waals surface area contributed by atoms with Crippen LogP contribution in [0.1, 0.15) is 5.56 Å². The summed E-state index contributed by atoms with van der Waals surface area (Å²) < 4.78 is 13.3. The van der Waals surface area contributed by atoms with Gasteiger partial charge in [0.15, 0.2) is 5.84 Å². The lowest BCUT2D eigenvalue weighted by Gasteiger charge is -2.16. The zero-order valence-electron chi connectivity index (χ0n) is 9.43. The fraction of sp³-hybridized carbons (Fsp3) is 0.273. The maximum atomic E-state index is 13.3. The Bertz CT molecular complexity index is 434. The lowest BCUT2D eigenvalue weighted by molar-refractivity contribution is -0.128. The average Bonchev–Trinajstić information content (AvgIpc) is 2.31. The van der Waals surface area contributed by atoms with E-state index in [1.54, 1.807) is 18.2 Å². The summed E-state index contributed by atoms with van der Waals surface area (Å²) in [6.45, 7) is 0.00376. The summed E-state index contributed by atoms with van der Waals surface area (Å²) in [6, 6.07) is 6.06. The van der Waals surface area contributed by atoms with E-state index in [0.717, 1.165) is 0 Å². The van der Waals surface area contributed by atoms with Crippen LogP contribution < -0.4 is 5.73 Å². The largest absolute Gasteiger partial charge is 0.409 e. The number of halogens is 1. The summed E-state index contributed by atoms with van der Waals surface area (Å²) >= 11 is 0. The summed E-state index contributed by atoms with van der Waals surface area (Å²) in [5, 5.41) is 11.1. The van der Waals surface area contributed by atoms with Crippen molar-refractivity contribution in [2.75, 3.05) is 13.6 Å². The second-order valence-electron chi connectivity index (χ2n) is 3.61. The molecule has 0 heterocycles. The Labute approximate surface area is 98.3 Å². The van der Waals surface area contributed by atoms with Crippen LogP contribution in [-0.2, 0) is 11.2 Å². The highest BCUT2D eigenvalue weighted by molar-refractivity contribution is 5.87. The van der Waals surface area contributed by atoms with Gasteiger partial charge in [0, 0.05) is 7.05 Å². The SMILES string of the molecule is CN(CC(N)=NO)C(=O)Cc1ccccc1F. The standard InChI is InChI=1S/C11H14FN3O2/c1-15(7-10(13)14-17)11(16)6-8-4-2-3-5-9(8)12/h2-5,17H,6-7H2,1H3,(H2,13,14). The van der Waals surface area contributed by atoms with Gasteiger partial charge in [0.05, 0.1) is 13.0 Å². The molecule has 0 aliphatic carbocycles. The molecule has 0 aliphatic heterocycles. The predicted molar refractivity (Wildman–Crippen MR) is 61.1 cm³/mol. The third-order valence-electron chi connectivity index (χ3n) is 2.25. The van der Waals surface area contributed by atoms with Crippen LogP contribution in [0.15, 0.2) is 29.4 Å². The van der Waals surface area contributed by atoms with Crippen molar-refractivity contribution in [3.05, 3.63) is 35.6 Å². The number of rotatable bonds is 4. The Kier molecular flexibility index (Phi) is 4.45. The van der Waals surface area contributed by atoms with E-state index in [0.29, 0.717) is 5.56 Å². The first-order chi connectivity index (χ1) is 8.04. The molecule has 0 spiro atoms. The zero-order chi connectivity index (χ0) is 12.8. The van der Waals surface area contributed by atoms with E-state index in [2.05, 4.69) is 5.16 Å². The third-order valence-corrected chi connectivity index (χ3v) is 2.25. The molecule has 92 valence electrons. The number of carbonyl (C=O) groups is 1. The van der Waals surface area contributed by atoms with E-state index in [9.17, 15) is 9.18 Å². The first kappa shape index (κ1) is 13.0. The maximum Gasteiger partial charge on any atom is 0.227 e. The molecule has 0 radical (unpaired) electrons. The molecule has 0 saturated carbocycles. The minimum atomic E-state index is -0.418. The highest BCUT2D eigenvalue weighted by atomic mass is 19.1. The Hall–Kier alpha value is -2.11. The normalized spacial score (nSPS) is 11.3. The van der Waals surface area contributed by atoms with Crippen LogP contribution in [0.3, 0.4) is 0 Å². The van der Waals surface area contributed by atoms with Crippen molar-refractivity contribution < 1.29 is 14.4 Å². The van der Waals surface area contributed by atoms with Gasteiger partial charge in [0.25, 0.3) is 0 Å². The Morgan fingerprint density at radius 1 is 1.53 bits per heavy atom. The molecule has 1 aromatic rings. The van der Waals surface area contributed by atoms with Crippen LogP contribution in [0.4, 0.5) is 4.39 Å². The first-order valence-corrected chi connectivity index (χ1v) is 4.98. The number of likely N-dealkylation sites (N-methyl/N-ethyl adjacent to an activating group) is 1. The van der Waals surface area contributed by atoms with Gasteiger partial charge < -0.3 is 15.8 Å². The van der Waals surface area contributed by atoms with Crippen LogP contribution in [0.25, 0.3) is 0 Å². The average molecular weight is 239 g/mol. The van der Waals surface area contributed by atoms with Crippen molar-refractivity contribution in [3.8, 4) is 0 Å². The first-order valence-electron chi connectivity index (χ1n) is 4.98. The van der Waals surface area contributed by atoms with E-state index >= 15 is 0 Å². The van der Waals surface area contributed by atoms with Gasteiger partial charge >= 0.3 is 0 Å². The van der Waals surface area contributed by atoms with Crippen LogP contribution in [0, 0.1) is 5.82 Å². The molecule has 0 saturated heterocycles. The molecule has 17 heavy (non-hydrogen) atoms. The highest BCUT2D eigenvalue weighted by Crippen LogP contribution is 2.08. The van der Waals surface area contributed by atoms with Gasteiger partial charge in [0.2, 0.25) is 5.91 Å². The second kappa shape index (κ2) is 5.83. The van der Waals surface area contributed by atoms with Gasteiger partial charge in [-0.15, -0.1) is 0 Å². The Morgan fingerprint density at radius 3 is 2.76 bits per heavy atom. The van der Waals surface area contributed by atoms with Crippen LogP contribution in [0.5, 0.6) is 0 Å². The maximum absolute atomic E-state index is 13.3. The highest BCUT2D eigenvalue weighted by Gasteiger charge is 2.13. The molecule has 0 aromatic heterocycles. The second-order valence-corrected chi connectivity index (χ2v) is 3.61. The third kappa shape index (κ3) is 3.75. The van der Waals surface area contributed by atoms with Crippen molar-refractivity contribution in [1.29, 1.82) is 0 Å². The minimum Gasteiger partial charge on any atom is -0.409 e. The topological polar surface area (TPSA) is 78.9 Å². The number of carbonyl (C=O) groups excluding carboxylic acids is 1. The number of benzene rings is 1. The molecule has 0 fully saturated rings. The number of amides is 1. The molecule has 0 atom stereocenters. The summed E-state index contributed by atoms with van der Waals surface area (Å²) in [5.74, 6) is -0.797. The number of nitrogens with two attached hydrogens (primary N) is 1. The van der Waals surface area contributed by atoms with Crippen molar-refractivity contribution >= 4 is 11.7 Å². The monoisotopic (exact) mass is 239 g/mol. The van der Waals surface area contributed by atoms with Crippen LogP contribution >= 0.6 is 0 Å². The van der Waals surface area contributed by atoms with E-state index in [4.69, 9.17) is 10.9 Å². The molecule has 0 bridgehead atoms. The van der Waals surface area contributed by atoms with Gasteiger partial charge in [-0.05, 0) is 11.6 Å². The smallest absolute Gasteiger partial charge is 0.227 e. The van der Waals surface area contributed by atoms with Crippen LogP contribution in [0.2, 0.25) is 0 Å². The number of amidine groups is 1. The molecule has 5 nitrogen and oxygen atoms in total. The predicted octanol–water partition coefficient (Wildman–Crippen LogP) is 0.573. The zero-order valence-corrected chi connectivity index (χ0v) is 9.43. The van der Waals surface area contributed by atoms with Gasteiger partial charge in [-0.3, -0.25) is 4.79 Å². The van der Waals surface area contributed by atoms with Gasteiger partial charge in [0.1, 0.15) is 5.82 Å². The van der Waals surface area contributed by atoms with Gasteiger partial charge in [-0.2, -0.15) is 0 Å². The molecule has 1 aromatic carbocycles. The summed E-state index contributed by atoms with van der Waals surface area (Å²) in [7, 11) is 1.50. The number of nitrogens with zero attached hydrogens (tertiary/aromatic N) is 2. The van der Waals surface area contributed by atoms with Crippen molar-refractivity contribution in [1.82, 2.24) is 4.90 Å². The van der Waals surface area contributed by atoms with E-state index < -0.39 is 5.82 Å². The van der Waals surface area contributed by atoms with E-state index in [-0.39, 0.29) is 24.7 Å². The van der Waals surface area contributed by atoms with Crippen molar-refractivity contribution in [2.45, 2.75) is 6.42 Å².